The van der Waals surface area contributed by atoms with Gasteiger partial charge in [-0.15, -0.1) is 0 Å². The van der Waals surface area contributed by atoms with Crippen LogP contribution in [0.4, 0.5) is 0 Å². The maximum Gasteiger partial charge on any atom is 0.272 e. The van der Waals surface area contributed by atoms with Crippen molar-refractivity contribution in [3.05, 3.63) is 60.2 Å². The van der Waals surface area contributed by atoms with Gasteiger partial charge in [0.05, 0.1) is 11.5 Å². The van der Waals surface area contributed by atoms with Crippen LogP contribution in [0, 0.1) is 5.41 Å². The van der Waals surface area contributed by atoms with Crippen molar-refractivity contribution in [1.82, 2.24) is 19.8 Å². The third kappa shape index (κ3) is 3.09. The van der Waals surface area contributed by atoms with Crippen molar-refractivity contribution in [3.63, 3.8) is 0 Å². The number of aromatic nitrogens is 2. The van der Waals surface area contributed by atoms with Gasteiger partial charge < -0.3 is 9.80 Å². The van der Waals surface area contributed by atoms with E-state index in [1.807, 2.05) is 29.4 Å². The molecule has 156 valence electrons. The minimum Gasteiger partial charge on any atom is -0.337 e. The van der Waals surface area contributed by atoms with E-state index in [0.29, 0.717) is 24.7 Å². The summed E-state index contributed by atoms with van der Waals surface area (Å²) in [5, 5.41) is 0. The lowest BCUT2D eigenvalue weighted by molar-refractivity contribution is -0.186. The molecule has 3 aliphatic rings. The number of likely N-dealkylation sites (tertiary alicyclic amines) is 2. The highest BCUT2D eigenvalue weighted by Gasteiger charge is 2.62. The van der Waals surface area contributed by atoms with Crippen LogP contribution in [0.2, 0.25) is 0 Å². The van der Waals surface area contributed by atoms with Gasteiger partial charge in [0.1, 0.15) is 5.69 Å². The molecule has 6 heteroatoms. The SMILES string of the molecule is O=C(c1ccccn1)N1CCC(N2C(=O)C3(CCCCC3)C2c2ccncc2)CC1. The molecule has 0 N–H and O–H groups in total. The molecule has 30 heavy (non-hydrogen) atoms. The molecule has 2 saturated heterocycles. The summed E-state index contributed by atoms with van der Waals surface area (Å²) >= 11 is 0. The van der Waals surface area contributed by atoms with Gasteiger partial charge in [0.15, 0.2) is 0 Å². The van der Waals surface area contributed by atoms with Crippen LogP contribution in [-0.4, -0.2) is 50.7 Å². The molecular weight excluding hydrogens is 376 g/mol. The zero-order valence-electron chi connectivity index (χ0n) is 17.2. The second-order valence-electron chi connectivity index (χ2n) is 8.85. The first kappa shape index (κ1) is 19.2. The zero-order chi connectivity index (χ0) is 20.6. The number of rotatable bonds is 3. The van der Waals surface area contributed by atoms with Crippen LogP contribution in [-0.2, 0) is 4.79 Å². The van der Waals surface area contributed by atoms with E-state index in [4.69, 9.17) is 0 Å². The third-order valence-corrected chi connectivity index (χ3v) is 7.26. The van der Waals surface area contributed by atoms with Gasteiger partial charge in [-0.1, -0.05) is 25.3 Å². The molecule has 2 aromatic heterocycles. The van der Waals surface area contributed by atoms with Crippen molar-refractivity contribution < 1.29 is 9.59 Å². The molecular formula is C24H28N4O2. The van der Waals surface area contributed by atoms with Crippen molar-refractivity contribution in [3.8, 4) is 0 Å². The van der Waals surface area contributed by atoms with Crippen molar-refractivity contribution in [1.29, 1.82) is 0 Å². The van der Waals surface area contributed by atoms with Gasteiger partial charge in [-0.25, -0.2) is 0 Å². The van der Waals surface area contributed by atoms with E-state index in [-0.39, 0.29) is 23.4 Å². The molecule has 1 saturated carbocycles. The molecule has 3 fully saturated rings. The monoisotopic (exact) mass is 404 g/mol. The number of carbonyl (C=O) groups excluding carboxylic acids is 2. The van der Waals surface area contributed by atoms with Crippen molar-refractivity contribution in [2.45, 2.75) is 57.0 Å². The van der Waals surface area contributed by atoms with Gasteiger partial charge in [-0.2, -0.15) is 0 Å². The van der Waals surface area contributed by atoms with Gasteiger partial charge in [-0.05, 0) is 55.5 Å². The van der Waals surface area contributed by atoms with E-state index < -0.39 is 0 Å². The van der Waals surface area contributed by atoms with E-state index in [2.05, 4.69) is 27.0 Å². The number of piperidine rings is 1. The number of hydrogen-bond donors (Lipinski definition) is 0. The Morgan fingerprint density at radius 1 is 0.967 bits per heavy atom. The molecule has 1 aliphatic carbocycles. The Kier molecular flexibility index (Phi) is 5.01. The second kappa shape index (κ2) is 7.82. The van der Waals surface area contributed by atoms with Crippen LogP contribution < -0.4 is 0 Å². The fraction of sp³-hybridized carbons (Fsp3) is 0.500. The Balaban J connectivity index is 1.33. The molecule has 2 aliphatic heterocycles. The molecule has 2 amide bonds. The van der Waals surface area contributed by atoms with Gasteiger partial charge in [0.2, 0.25) is 5.91 Å². The van der Waals surface area contributed by atoms with Crippen LogP contribution >= 0.6 is 0 Å². The van der Waals surface area contributed by atoms with Crippen molar-refractivity contribution >= 4 is 11.8 Å². The summed E-state index contributed by atoms with van der Waals surface area (Å²) in [5.74, 6) is 0.317. The number of nitrogens with zero attached hydrogens (tertiary/aromatic N) is 4. The normalized spacial score (nSPS) is 24.0. The van der Waals surface area contributed by atoms with E-state index in [1.54, 1.807) is 12.3 Å². The number of carbonyl (C=O) groups is 2. The average Bonchev–Trinajstić information content (AvgIpc) is 2.83. The number of pyridine rings is 2. The summed E-state index contributed by atoms with van der Waals surface area (Å²) in [5.41, 5.74) is 1.48. The minimum absolute atomic E-state index is 0.0154. The molecule has 2 aromatic rings. The predicted octanol–water partition coefficient (Wildman–Crippen LogP) is 3.62. The Bertz CT molecular complexity index is 903. The molecule has 0 bridgehead atoms. The highest BCUT2D eigenvalue weighted by molar-refractivity contribution is 5.93. The third-order valence-electron chi connectivity index (χ3n) is 7.26. The Morgan fingerprint density at radius 3 is 2.37 bits per heavy atom. The maximum atomic E-state index is 13.5. The lowest BCUT2D eigenvalue weighted by atomic mass is 9.59. The first-order valence-electron chi connectivity index (χ1n) is 11.1. The summed E-state index contributed by atoms with van der Waals surface area (Å²) in [6.07, 6.45) is 12.5. The second-order valence-corrected chi connectivity index (χ2v) is 8.85. The van der Waals surface area contributed by atoms with Crippen LogP contribution in [0.1, 0.15) is 67.0 Å². The first-order valence-corrected chi connectivity index (χ1v) is 11.1. The lowest BCUT2D eigenvalue weighted by Crippen LogP contribution is -2.67. The summed E-state index contributed by atoms with van der Waals surface area (Å²) in [7, 11) is 0. The van der Waals surface area contributed by atoms with Crippen LogP contribution in [0.25, 0.3) is 0 Å². The standard InChI is InChI=1S/C24H28N4O2/c29-22(20-6-2-5-13-26-20)27-16-9-19(10-17-27)28-21(18-7-14-25-15-8-18)24(23(28)30)11-3-1-4-12-24/h2,5-8,13-15,19,21H,1,3-4,9-12,16-17H2. The Hall–Kier alpha value is -2.76. The fourth-order valence-corrected chi connectivity index (χ4v) is 5.76. The van der Waals surface area contributed by atoms with E-state index in [1.165, 1.54) is 12.0 Å². The first-order chi connectivity index (χ1) is 14.7. The largest absolute Gasteiger partial charge is 0.337 e. The van der Waals surface area contributed by atoms with Crippen LogP contribution in [0.5, 0.6) is 0 Å². The summed E-state index contributed by atoms with van der Waals surface area (Å²) in [4.78, 5) is 38.6. The van der Waals surface area contributed by atoms with Gasteiger partial charge in [0, 0.05) is 37.7 Å². The molecule has 1 atom stereocenters. The number of β-lactam (4-membered cyclic amide) rings is 1. The van der Waals surface area contributed by atoms with Crippen molar-refractivity contribution in [2.75, 3.05) is 13.1 Å². The highest BCUT2D eigenvalue weighted by atomic mass is 16.2. The molecule has 0 radical (unpaired) electrons. The quantitative estimate of drug-likeness (QED) is 0.733. The van der Waals surface area contributed by atoms with Gasteiger partial charge in [0.25, 0.3) is 5.91 Å². The topological polar surface area (TPSA) is 66.4 Å². The smallest absolute Gasteiger partial charge is 0.272 e. The average molecular weight is 405 g/mol. The molecule has 4 heterocycles. The van der Waals surface area contributed by atoms with Crippen LogP contribution in [0.3, 0.4) is 0 Å². The fourth-order valence-electron chi connectivity index (χ4n) is 5.76. The molecule has 0 aromatic carbocycles. The Morgan fingerprint density at radius 2 is 1.70 bits per heavy atom. The summed E-state index contributed by atoms with van der Waals surface area (Å²) in [6, 6.07) is 9.90. The molecule has 1 unspecified atom stereocenters. The zero-order valence-corrected chi connectivity index (χ0v) is 17.2. The number of hydrogen-bond acceptors (Lipinski definition) is 4. The predicted molar refractivity (Wildman–Crippen MR) is 113 cm³/mol. The van der Waals surface area contributed by atoms with Gasteiger partial charge in [-0.3, -0.25) is 19.6 Å². The van der Waals surface area contributed by atoms with E-state index in [9.17, 15) is 9.59 Å². The molecule has 5 rings (SSSR count). The van der Waals surface area contributed by atoms with E-state index in [0.717, 1.165) is 38.5 Å². The summed E-state index contributed by atoms with van der Waals surface area (Å²) in [6.45, 7) is 1.33. The van der Waals surface area contributed by atoms with Crippen molar-refractivity contribution in [2.24, 2.45) is 5.41 Å². The highest BCUT2D eigenvalue weighted by Crippen LogP contribution is 2.59. The number of amides is 2. The van der Waals surface area contributed by atoms with E-state index >= 15 is 0 Å². The Labute approximate surface area is 177 Å². The maximum absolute atomic E-state index is 13.5. The van der Waals surface area contributed by atoms with Gasteiger partial charge >= 0.3 is 0 Å². The lowest BCUT2D eigenvalue weighted by Gasteiger charge is -2.61. The minimum atomic E-state index is -0.222. The molecule has 1 spiro atoms. The summed E-state index contributed by atoms with van der Waals surface area (Å²) < 4.78 is 0. The van der Waals surface area contributed by atoms with Crippen LogP contribution in [0.15, 0.2) is 48.9 Å². The molecule has 6 nitrogen and oxygen atoms in total.